The van der Waals surface area contributed by atoms with Crippen LogP contribution in [0.25, 0.3) is 0 Å². The minimum absolute atomic E-state index is 0.0806. The third-order valence-electron chi connectivity index (χ3n) is 3.40. The van der Waals surface area contributed by atoms with Gasteiger partial charge in [0.1, 0.15) is 17.1 Å². The minimum atomic E-state index is -1.16. The van der Waals surface area contributed by atoms with Gasteiger partial charge in [0, 0.05) is 17.7 Å². The molecule has 7 nitrogen and oxygen atoms in total. The average molecular weight is 347 g/mol. The standard InChI is InChI=1S/C17H14FNO6/c1-10(16(20)11-3-5-12(18)6-4-11)25-17(21)14-9-13(19(22)23)7-8-15(14)24-2/h3-10H,1-2H3/t10-/m0/s1. The van der Waals surface area contributed by atoms with Crippen LogP contribution in [0, 0.1) is 15.9 Å². The molecule has 0 N–H and O–H groups in total. The molecule has 0 saturated heterocycles. The second kappa shape index (κ2) is 7.52. The predicted molar refractivity (Wildman–Crippen MR) is 85.3 cm³/mol. The number of nitro benzene ring substituents is 1. The number of Topliss-reactive ketones (excluding diaryl/α,β-unsaturated/α-hetero) is 1. The Labute approximate surface area is 142 Å². The third kappa shape index (κ3) is 4.17. The van der Waals surface area contributed by atoms with E-state index in [4.69, 9.17) is 9.47 Å². The second-order valence-corrected chi connectivity index (χ2v) is 5.06. The number of halogens is 1. The van der Waals surface area contributed by atoms with Crippen LogP contribution in [0.5, 0.6) is 5.75 Å². The molecule has 0 heterocycles. The summed E-state index contributed by atoms with van der Waals surface area (Å²) in [5, 5.41) is 10.8. The summed E-state index contributed by atoms with van der Waals surface area (Å²) in [6, 6.07) is 8.24. The zero-order chi connectivity index (χ0) is 18.6. The van der Waals surface area contributed by atoms with Crippen LogP contribution < -0.4 is 4.74 Å². The molecule has 2 aromatic carbocycles. The van der Waals surface area contributed by atoms with Crippen molar-refractivity contribution in [2.75, 3.05) is 7.11 Å². The maximum Gasteiger partial charge on any atom is 0.342 e. The predicted octanol–water partition coefficient (Wildman–Crippen LogP) is 3.17. The molecule has 2 aromatic rings. The van der Waals surface area contributed by atoms with Crippen molar-refractivity contribution in [3.05, 3.63) is 69.5 Å². The van der Waals surface area contributed by atoms with Crippen LogP contribution >= 0.6 is 0 Å². The monoisotopic (exact) mass is 347 g/mol. The van der Waals surface area contributed by atoms with Crippen molar-refractivity contribution >= 4 is 17.4 Å². The molecule has 0 aliphatic carbocycles. The van der Waals surface area contributed by atoms with Gasteiger partial charge in [-0.05, 0) is 37.3 Å². The fraction of sp³-hybridized carbons (Fsp3) is 0.176. The smallest absolute Gasteiger partial charge is 0.342 e. The minimum Gasteiger partial charge on any atom is -0.496 e. The lowest BCUT2D eigenvalue weighted by molar-refractivity contribution is -0.384. The number of nitrogens with zero attached hydrogens (tertiary/aromatic N) is 1. The summed E-state index contributed by atoms with van der Waals surface area (Å²) < 4.78 is 23.0. The van der Waals surface area contributed by atoms with E-state index in [0.29, 0.717) is 0 Å². The Bertz CT molecular complexity index is 818. The summed E-state index contributed by atoms with van der Waals surface area (Å²) in [4.78, 5) is 34.7. The third-order valence-corrected chi connectivity index (χ3v) is 3.40. The molecule has 8 heteroatoms. The van der Waals surface area contributed by atoms with Crippen molar-refractivity contribution in [2.24, 2.45) is 0 Å². The number of ketones is 1. The highest BCUT2D eigenvalue weighted by Gasteiger charge is 2.24. The number of benzene rings is 2. The molecule has 0 saturated carbocycles. The van der Waals surface area contributed by atoms with Crippen LogP contribution in [0.3, 0.4) is 0 Å². The van der Waals surface area contributed by atoms with Gasteiger partial charge in [0.15, 0.2) is 6.10 Å². The van der Waals surface area contributed by atoms with Crippen LogP contribution in [0.4, 0.5) is 10.1 Å². The molecule has 0 radical (unpaired) electrons. The van der Waals surface area contributed by atoms with E-state index in [2.05, 4.69) is 0 Å². The first-order valence-electron chi connectivity index (χ1n) is 7.16. The zero-order valence-corrected chi connectivity index (χ0v) is 13.4. The van der Waals surface area contributed by atoms with Crippen LogP contribution in [0.1, 0.15) is 27.6 Å². The van der Waals surface area contributed by atoms with E-state index >= 15 is 0 Å². The Morgan fingerprint density at radius 3 is 2.36 bits per heavy atom. The first kappa shape index (κ1) is 18.1. The number of rotatable bonds is 6. The first-order valence-corrected chi connectivity index (χ1v) is 7.16. The number of nitro groups is 1. The van der Waals surface area contributed by atoms with Gasteiger partial charge in [-0.25, -0.2) is 9.18 Å². The number of ether oxygens (including phenoxy) is 2. The molecule has 1 atom stereocenters. The van der Waals surface area contributed by atoms with Gasteiger partial charge < -0.3 is 9.47 Å². The van der Waals surface area contributed by atoms with Crippen LogP contribution in [-0.4, -0.2) is 29.9 Å². The SMILES string of the molecule is COc1ccc([N+](=O)[O-])cc1C(=O)O[C@@H](C)C(=O)c1ccc(F)cc1. The van der Waals surface area contributed by atoms with E-state index in [1.165, 1.54) is 38.3 Å². The van der Waals surface area contributed by atoms with Gasteiger partial charge in [-0.3, -0.25) is 14.9 Å². The Morgan fingerprint density at radius 2 is 1.80 bits per heavy atom. The zero-order valence-electron chi connectivity index (χ0n) is 13.4. The molecule has 130 valence electrons. The molecule has 2 rings (SSSR count). The molecule has 0 fully saturated rings. The van der Waals surface area contributed by atoms with Crippen molar-refractivity contribution < 1.29 is 28.4 Å². The molecule has 25 heavy (non-hydrogen) atoms. The second-order valence-electron chi connectivity index (χ2n) is 5.06. The summed E-state index contributed by atoms with van der Waals surface area (Å²) in [6.07, 6.45) is -1.16. The summed E-state index contributed by atoms with van der Waals surface area (Å²) in [5.41, 5.74) is -0.312. The summed E-state index contributed by atoms with van der Waals surface area (Å²) in [7, 11) is 1.30. The van der Waals surface area contributed by atoms with Crippen LogP contribution in [-0.2, 0) is 4.74 Å². The van der Waals surface area contributed by atoms with Gasteiger partial charge in [0.05, 0.1) is 12.0 Å². The Balaban J connectivity index is 2.20. The number of hydrogen-bond acceptors (Lipinski definition) is 6. The summed E-state index contributed by atoms with van der Waals surface area (Å²) >= 11 is 0. The lowest BCUT2D eigenvalue weighted by Crippen LogP contribution is -2.24. The number of methoxy groups -OCH3 is 1. The highest BCUT2D eigenvalue weighted by molar-refractivity contribution is 6.02. The maximum absolute atomic E-state index is 12.9. The van der Waals surface area contributed by atoms with Crippen molar-refractivity contribution in [1.29, 1.82) is 0 Å². The van der Waals surface area contributed by atoms with Crippen LogP contribution in [0.15, 0.2) is 42.5 Å². The highest BCUT2D eigenvalue weighted by Crippen LogP contribution is 2.25. The fourth-order valence-corrected chi connectivity index (χ4v) is 2.10. The van der Waals surface area contributed by atoms with E-state index in [9.17, 15) is 24.1 Å². The van der Waals surface area contributed by atoms with Gasteiger partial charge in [0.2, 0.25) is 5.78 Å². The number of carbonyl (C=O) groups is 2. The molecular weight excluding hydrogens is 333 g/mol. The van der Waals surface area contributed by atoms with Crippen molar-refractivity contribution in [3.8, 4) is 5.75 Å². The molecule has 0 aliphatic rings. The van der Waals surface area contributed by atoms with Crippen molar-refractivity contribution in [2.45, 2.75) is 13.0 Å². The van der Waals surface area contributed by atoms with E-state index in [1.54, 1.807) is 0 Å². The fourth-order valence-electron chi connectivity index (χ4n) is 2.10. The maximum atomic E-state index is 12.9. The van der Waals surface area contributed by atoms with Crippen molar-refractivity contribution in [3.63, 3.8) is 0 Å². The topological polar surface area (TPSA) is 95.7 Å². The number of carbonyl (C=O) groups excluding carboxylic acids is 2. The lowest BCUT2D eigenvalue weighted by Gasteiger charge is -2.14. The molecule has 0 spiro atoms. The van der Waals surface area contributed by atoms with Gasteiger partial charge in [-0.15, -0.1) is 0 Å². The normalized spacial score (nSPS) is 11.5. The molecule has 0 amide bonds. The van der Waals surface area contributed by atoms with Gasteiger partial charge in [-0.1, -0.05) is 0 Å². The van der Waals surface area contributed by atoms with Crippen molar-refractivity contribution in [1.82, 2.24) is 0 Å². The number of esters is 1. The molecule has 0 aromatic heterocycles. The summed E-state index contributed by atoms with van der Waals surface area (Å²) in [6.45, 7) is 1.35. The first-order chi connectivity index (χ1) is 11.8. The number of non-ortho nitro benzene ring substituents is 1. The molecule has 0 bridgehead atoms. The van der Waals surface area contributed by atoms with E-state index < -0.39 is 28.6 Å². The Hall–Kier alpha value is -3.29. The van der Waals surface area contributed by atoms with Gasteiger partial charge in [-0.2, -0.15) is 0 Å². The van der Waals surface area contributed by atoms with E-state index in [0.717, 1.165) is 18.2 Å². The number of hydrogen-bond donors (Lipinski definition) is 0. The quantitative estimate of drug-likeness (QED) is 0.345. The Morgan fingerprint density at radius 1 is 1.16 bits per heavy atom. The van der Waals surface area contributed by atoms with Crippen LogP contribution in [0.2, 0.25) is 0 Å². The highest BCUT2D eigenvalue weighted by atomic mass is 19.1. The molecule has 0 unspecified atom stereocenters. The largest absolute Gasteiger partial charge is 0.496 e. The lowest BCUT2D eigenvalue weighted by atomic mass is 10.1. The molecular formula is C17H14FNO6. The summed E-state index contributed by atoms with van der Waals surface area (Å²) in [5.74, 6) is -1.89. The Kier molecular flexibility index (Phi) is 5.43. The van der Waals surface area contributed by atoms with Gasteiger partial charge >= 0.3 is 5.97 Å². The van der Waals surface area contributed by atoms with E-state index in [1.807, 2.05) is 0 Å². The van der Waals surface area contributed by atoms with Gasteiger partial charge in [0.25, 0.3) is 5.69 Å². The molecule has 0 aliphatic heterocycles. The van der Waals surface area contributed by atoms with E-state index in [-0.39, 0.29) is 22.6 Å². The average Bonchev–Trinajstić information content (AvgIpc) is 2.60.